The maximum atomic E-state index is 12.6. The SMILES string of the molecule is CC(N)C1(c2cccc(C(F)(F)F)c2O)CC1. The summed E-state index contributed by atoms with van der Waals surface area (Å²) in [6.07, 6.45) is -3.09. The molecule has 1 aliphatic carbocycles. The largest absolute Gasteiger partial charge is 0.507 e. The molecule has 0 aliphatic heterocycles. The van der Waals surface area contributed by atoms with E-state index in [-0.39, 0.29) is 6.04 Å². The molecule has 94 valence electrons. The number of rotatable bonds is 2. The first kappa shape index (κ1) is 12.2. The molecule has 1 fully saturated rings. The summed E-state index contributed by atoms with van der Waals surface area (Å²) in [5, 5.41) is 9.77. The van der Waals surface area contributed by atoms with E-state index in [1.807, 2.05) is 0 Å². The van der Waals surface area contributed by atoms with Crippen LogP contribution < -0.4 is 5.73 Å². The molecule has 1 aromatic rings. The fraction of sp³-hybridized carbons (Fsp3) is 0.500. The minimum absolute atomic E-state index is 0.267. The molecule has 0 spiro atoms. The highest BCUT2D eigenvalue weighted by atomic mass is 19.4. The Bertz CT molecular complexity index is 436. The quantitative estimate of drug-likeness (QED) is 0.841. The summed E-state index contributed by atoms with van der Waals surface area (Å²) < 4.78 is 37.9. The van der Waals surface area contributed by atoms with E-state index in [1.54, 1.807) is 6.92 Å². The van der Waals surface area contributed by atoms with Crippen LogP contribution in [0.25, 0.3) is 0 Å². The molecule has 2 nitrogen and oxygen atoms in total. The lowest BCUT2D eigenvalue weighted by molar-refractivity contribution is -0.138. The van der Waals surface area contributed by atoms with Crippen molar-refractivity contribution in [3.8, 4) is 5.75 Å². The van der Waals surface area contributed by atoms with Crippen molar-refractivity contribution in [1.29, 1.82) is 0 Å². The number of hydrogen-bond donors (Lipinski definition) is 2. The van der Waals surface area contributed by atoms with Gasteiger partial charge in [-0.25, -0.2) is 0 Å². The van der Waals surface area contributed by atoms with E-state index in [4.69, 9.17) is 5.73 Å². The molecule has 1 aliphatic rings. The smallest absolute Gasteiger partial charge is 0.419 e. The lowest BCUT2D eigenvalue weighted by atomic mass is 9.87. The minimum atomic E-state index is -4.53. The van der Waals surface area contributed by atoms with Crippen molar-refractivity contribution in [2.75, 3.05) is 0 Å². The van der Waals surface area contributed by atoms with E-state index in [9.17, 15) is 18.3 Å². The van der Waals surface area contributed by atoms with Gasteiger partial charge in [0.25, 0.3) is 0 Å². The van der Waals surface area contributed by atoms with Crippen LogP contribution in [-0.4, -0.2) is 11.1 Å². The number of phenolic OH excluding ortho intramolecular Hbond substituents is 1. The molecule has 0 bridgehead atoms. The summed E-state index contributed by atoms with van der Waals surface area (Å²) in [6.45, 7) is 1.76. The van der Waals surface area contributed by atoms with Gasteiger partial charge >= 0.3 is 6.18 Å². The standard InChI is InChI=1S/C12H14F3NO/c1-7(16)11(5-6-11)8-3-2-4-9(10(8)17)12(13,14)15/h2-4,7,17H,5-6,16H2,1H3. The molecule has 0 radical (unpaired) electrons. The van der Waals surface area contributed by atoms with Crippen LogP contribution in [0.2, 0.25) is 0 Å². The van der Waals surface area contributed by atoms with Crippen LogP contribution in [0.3, 0.4) is 0 Å². The maximum Gasteiger partial charge on any atom is 0.419 e. The summed E-state index contributed by atoms with van der Waals surface area (Å²) in [5.74, 6) is -0.671. The van der Waals surface area contributed by atoms with E-state index in [0.717, 1.165) is 18.9 Å². The van der Waals surface area contributed by atoms with Crippen LogP contribution in [0.4, 0.5) is 13.2 Å². The van der Waals surface area contributed by atoms with Gasteiger partial charge in [-0.05, 0) is 25.8 Å². The number of halogens is 3. The normalized spacial score (nSPS) is 20.1. The molecule has 5 heteroatoms. The second kappa shape index (κ2) is 3.63. The molecule has 0 amide bonds. The van der Waals surface area contributed by atoms with Crippen molar-refractivity contribution in [3.63, 3.8) is 0 Å². The highest BCUT2D eigenvalue weighted by Gasteiger charge is 2.50. The summed E-state index contributed by atoms with van der Waals surface area (Å²) in [6, 6.07) is 3.47. The van der Waals surface area contributed by atoms with Gasteiger partial charge in [-0.2, -0.15) is 13.2 Å². The predicted octanol–water partition coefficient (Wildman–Crippen LogP) is 2.79. The van der Waals surface area contributed by atoms with Gasteiger partial charge in [0.2, 0.25) is 0 Å². The van der Waals surface area contributed by atoms with Gasteiger partial charge in [0.1, 0.15) is 5.75 Å². The molecular weight excluding hydrogens is 231 g/mol. The Kier molecular flexibility index (Phi) is 2.61. The van der Waals surface area contributed by atoms with E-state index in [1.165, 1.54) is 12.1 Å². The molecule has 0 saturated heterocycles. The Hall–Kier alpha value is -1.23. The second-order valence-corrected chi connectivity index (χ2v) is 4.64. The van der Waals surface area contributed by atoms with Gasteiger partial charge in [0, 0.05) is 17.0 Å². The van der Waals surface area contributed by atoms with Crippen molar-refractivity contribution in [1.82, 2.24) is 0 Å². The van der Waals surface area contributed by atoms with E-state index in [2.05, 4.69) is 0 Å². The van der Waals surface area contributed by atoms with Crippen molar-refractivity contribution >= 4 is 0 Å². The van der Waals surface area contributed by atoms with E-state index in [0.29, 0.717) is 5.56 Å². The van der Waals surface area contributed by atoms with Gasteiger partial charge in [-0.3, -0.25) is 0 Å². The van der Waals surface area contributed by atoms with Crippen LogP contribution in [0.1, 0.15) is 30.9 Å². The van der Waals surface area contributed by atoms with Crippen molar-refractivity contribution in [2.45, 2.75) is 37.4 Å². The Morgan fingerprint density at radius 2 is 1.94 bits per heavy atom. The zero-order valence-electron chi connectivity index (χ0n) is 9.38. The average molecular weight is 245 g/mol. The first-order valence-electron chi connectivity index (χ1n) is 5.44. The van der Waals surface area contributed by atoms with Gasteiger partial charge < -0.3 is 10.8 Å². The molecule has 0 heterocycles. The first-order chi connectivity index (χ1) is 7.79. The highest BCUT2D eigenvalue weighted by molar-refractivity contribution is 5.49. The molecule has 1 atom stereocenters. The number of aromatic hydroxyl groups is 1. The van der Waals surface area contributed by atoms with Crippen LogP contribution in [0, 0.1) is 0 Å². The van der Waals surface area contributed by atoms with Gasteiger partial charge in [-0.1, -0.05) is 12.1 Å². The molecule has 1 aromatic carbocycles. The Morgan fingerprint density at radius 1 is 1.35 bits per heavy atom. The van der Waals surface area contributed by atoms with Crippen molar-refractivity contribution in [3.05, 3.63) is 29.3 Å². The number of para-hydroxylation sites is 1. The molecule has 1 unspecified atom stereocenters. The fourth-order valence-corrected chi connectivity index (χ4v) is 2.28. The highest BCUT2D eigenvalue weighted by Crippen LogP contribution is 2.54. The van der Waals surface area contributed by atoms with Crippen LogP contribution in [0.15, 0.2) is 18.2 Å². The zero-order chi connectivity index (χ0) is 12.8. The molecular formula is C12H14F3NO. The third-order valence-corrected chi connectivity index (χ3v) is 3.54. The fourth-order valence-electron chi connectivity index (χ4n) is 2.28. The Balaban J connectivity index is 2.51. The summed E-state index contributed by atoms with van der Waals surface area (Å²) in [5.41, 5.74) is 4.66. The van der Waals surface area contributed by atoms with Crippen molar-refractivity contribution in [2.24, 2.45) is 5.73 Å². The Labute approximate surface area is 97.2 Å². The molecule has 0 aromatic heterocycles. The lowest BCUT2D eigenvalue weighted by Gasteiger charge is -2.22. The topological polar surface area (TPSA) is 46.2 Å². The number of benzene rings is 1. The van der Waals surface area contributed by atoms with Crippen LogP contribution >= 0.6 is 0 Å². The summed E-state index contributed by atoms with van der Waals surface area (Å²) in [4.78, 5) is 0. The minimum Gasteiger partial charge on any atom is -0.507 e. The first-order valence-corrected chi connectivity index (χ1v) is 5.44. The number of alkyl halides is 3. The molecule has 2 rings (SSSR count). The van der Waals surface area contributed by atoms with E-state index >= 15 is 0 Å². The number of nitrogens with two attached hydrogens (primary N) is 1. The number of phenols is 1. The monoisotopic (exact) mass is 245 g/mol. The summed E-state index contributed by atoms with van der Waals surface area (Å²) >= 11 is 0. The summed E-state index contributed by atoms with van der Waals surface area (Å²) in [7, 11) is 0. The van der Waals surface area contributed by atoms with Crippen LogP contribution in [0.5, 0.6) is 5.75 Å². The maximum absolute atomic E-state index is 12.6. The van der Waals surface area contributed by atoms with E-state index < -0.39 is 22.9 Å². The number of hydrogen-bond acceptors (Lipinski definition) is 2. The second-order valence-electron chi connectivity index (χ2n) is 4.64. The van der Waals surface area contributed by atoms with Gasteiger partial charge in [0.15, 0.2) is 0 Å². The zero-order valence-corrected chi connectivity index (χ0v) is 9.38. The lowest BCUT2D eigenvalue weighted by Crippen LogP contribution is -2.31. The third-order valence-electron chi connectivity index (χ3n) is 3.54. The van der Waals surface area contributed by atoms with Gasteiger partial charge in [0.05, 0.1) is 5.56 Å². The molecule has 3 N–H and O–H groups in total. The average Bonchev–Trinajstić information content (AvgIpc) is 2.97. The Morgan fingerprint density at radius 3 is 2.35 bits per heavy atom. The third kappa shape index (κ3) is 1.88. The van der Waals surface area contributed by atoms with Crippen LogP contribution in [-0.2, 0) is 11.6 Å². The van der Waals surface area contributed by atoms with Crippen molar-refractivity contribution < 1.29 is 18.3 Å². The predicted molar refractivity (Wildman–Crippen MR) is 57.7 cm³/mol. The molecule has 1 saturated carbocycles. The molecule has 17 heavy (non-hydrogen) atoms. The van der Waals surface area contributed by atoms with Gasteiger partial charge in [-0.15, -0.1) is 0 Å².